The Bertz CT molecular complexity index is 1270. The highest BCUT2D eigenvalue weighted by atomic mass is 35.5. The van der Waals surface area contributed by atoms with Gasteiger partial charge in [-0.05, 0) is 69.4 Å². The van der Waals surface area contributed by atoms with Gasteiger partial charge in [0.15, 0.2) is 5.69 Å². The Morgan fingerprint density at radius 2 is 1.36 bits per heavy atom. The van der Waals surface area contributed by atoms with E-state index in [-0.39, 0.29) is 5.91 Å². The van der Waals surface area contributed by atoms with Crippen LogP contribution in [-0.2, 0) is 0 Å². The molecule has 0 saturated carbocycles. The van der Waals surface area contributed by atoms with Crippen LogP contribution in [0.5, 0.6) is 0 Å². The molecule has 4 nitrogen and oxygen atoms in total. The van der Waals surface area contributed by atoms with Crippen LogP contribution < -0.4 is 5.32 Å². The normalized spacial score (nSPS) is 11.5. The van der Waals surface area contributed by atoms with Crippen molar-refractivity contribution in [3.8, 4) is 16.9 Å². The van der Waals surface area contributed by atoms with Crippen LogP contribution in [0, 0.1) is 6.92 Å². The predicted molar refractivity (Wildman–Crippen MR) is 181 cm³/mol. The van der Waals surface area contributed by atoms with Gasteiger partial charge < -0.3 is 5.32 Å². The van der Waals surface area contributed by atoms with Crippen LogP contribution in [0.3, 0.4) is 0 Å². The highest BCUT2D eigenvalue weighted by molar-refractivity contribution is 6.35. The Kier molecular flexibility index (Phi) is 15.6. The number of carbonyl (C=O) groups excluding carboxylic acids is 1. The number of allylic oxidation sites excluding steroid dienone is 2. The van der Waals surface area contributed by atoms with E-state index in [2.05, 4.69) is 24.4 Å². The number of amides is 1. The first-order valence-corrected chi connectivity index (χ1v) is 16.8. The number of unbranched alkanes of at least 4 members (excludes halogenated alkanes) is 12. The Morgan fingerprint density at radius 3 is 1.98 bits per heavy atom. The van der Waals surface area contributed by atoms with Crippen LogP contribution in [0.4, 0.5) is 0 Å². The minimum atomic E-state index is -0.181. The van der Waals surface area contributed by atoms with Crippen molar-refractivity contribution < 1.29 is 4.79 Å². The summed E-state index contributed by atoms with van der Waals surface area (Å²) >= 11 is 18.8. The number of carbonyl (C=O) groups is 1. The standard InChI is InChI=1S/C35H46Cl3N3O/c1-3-4-5-6-7-8-9-10-11-12-13-14-15-16-17-18-25-39-35(42)33-27(2)34(28-19-21-29(36)22-20-28)41(40-33)32-24-23-30(37)26-31(32)38/h10-11,19-24,26H,3-9,12-18,25H2,1-2H3,(H,39,42)/b11-10+. The van der Waals surface area contributed by atoms with E-state index >= 15 is 0 Å². The third-order valence-electron chi connectivity index (χ3n) is 7.57. The molecule has 0 fully saturated rings. The molecule has 0 atom stereocenters. The highest BCUT2D eigenvalue weighted by Crippen LogP contribution is 2.33. The van der Waals surface area contributed by atoms with E-state index < -0.39 is 0 Å². The van der Waals surface area contributed by atoms with Gasteiger partial charge >= 0.3 is 0 Å². The summed E-state index contributed by atoms with van der Waals surface area (Å²) in [6, 6.07) is 12.7. The Morgan fingerprint density at radius 1 is 0.786 bits per heavy atom. The lowest BCUT2D eigenvalue weighted by Gasteiger charge is -2.11. The van der Waals surface area contributed by atoms with Gasteiger partial charge in [0.2, 0.25) is 0 Å². The molecule has 3 aromatic rings. The fraction of sp³-hybridized carbons (Fsp3) is 0.486. The van der Waals surface area contributed by atoms with E-state index in [9.17, 15) is 4.79 Å². The summed E-state index contributed by atoms with van der Waals surface area (Å²) in [6.07, 6.45) is 22.4. The number of hydrogen-bond donors (Lipinski definition) is 1. The van der Waals surface area contributed by atoms with Crippen LogP contribution in [0.2, 0.25) is 15.1 Å². The second-order valence-corrected chi connectivity index (χ2v) is 12.3. The largest absolute Gasteiger partial charge is 0.351 e. The number of nitrogens with one attached hydrogen (secondary N) is 1. The number of benzene rings is 2. The van der Waals surface area contributed by atoms with E-state index in [1.54, 1.807) is 16.8 Å². The third-order valence-corrected chi connectivity index (χ3v) is 8.36. The molecular formula is C35H46Cl3N3O. The molecule has 1 heterocycles. The van der Waals surface area contributed by atoms with Gasteiger partial charge in [-0.3, -0.25) is 4.79 Å². The Labute approximate surface area is 267 Å². The number of aromatic nitrogens is 2. The minimum Gasteiger partial charge on any atom is -0.351 e. The molecular weight excluding hydrogens is 585 g/mol. The molecule has 0 aliphatic carbocycles. The molecule has 0 radical (unpaired) electrons. The van der Waals surface area contributed by atoms with Gasteiger partial charge in [0.05, 0.1) is 16.4 Å². The second-order valence-electron chi connectivity index (χ2n) is 11.0. The van der Waals surface area contributed by atoms with Crippen molar-refractivity contribution in [2.24, 2.45) is 0 Å². The first-order valence-electron chi connectivity index (χ1n) is 15.7. The van der Waals surface area contributed by atoms with Crippen molar-refractivity contribution in [2.75, 3.05) is 6.54 Å². The summed E-state index contributed by atoms with van der Waals surface area (Å²) in [4.78, 5) is 13.2. The maximum Gasteiger partial charge on any atom is 0.272 e. The highest BCUT2D eigenvalue weighted by Gasteiger charge is 2.23. The average molecular weight is 631 g/mol. The SMILES string of the molecule is CCCCCCCC/C=C/CCCCCCCCNC(=O)c1nn(-c2ccc(Cl)cc2Cl)c(-c2ccc(Cl)cc2)c1C. The van der Waals surface area contributed by atoms with Crippen LogP contribution in [0.1, 0.15) is 113 Å². The lowest BCUT2D eigenvalue weighted by atomic mass is 10.1. The van der Waals surface area contributed by atoms with Gasteiger partial charge in [0, 0.05) is 27.7 Å². The predicted octanol–water partition coefficient (Wildman–Crippen LogP) is 11.6. The van der Waals surface area contributed by atoms with E-state index in [1.807, 2.05) is 37.3 Å². The van der Waals surface area contributed by atoms with Crippen molar-refractivity contribution >= 4 is 40.7 Å². The zero-order valence-corrected chi connectivity index (χ0v) is 27.5. The maximum atomic E-state index is 13.2. The van der Waals surface area contributed by atoms with Gasteiger partial charge in [0.1, 0.15) is 0 Å². The molecule has 0 spiro atoms. The van der Waals surface area contributed by atoms with Crippen LogP contribution in [0.15, 0.2) is 54.6 Å². The molecule has 228 valence electrons. The van der Waals surface area contributed by atoms with Crippen molar-refractivity contribution in [1.82, 2.24) is 15.1 Å². The number of nitrogens with zero attached hydrogens (tertiary/aromatic N) is 2. The van der Waals surface area contributed by atoms with Crippen LogP contribution >= 0.6 is 34.8 Å². The van der Waals surface area contributed by atoms with Gasteiger partial charge in [0.25, 0.3) is 5.91 Å². The molecule has 0 aliphatic rings. The quantitative estimate of drug-likeness (QED) is 0.106. The zero-order chi connectivity index (χ0) is 30.2. The van der Waals surface area contributed by atoms with E-state index in [0.717, 1.165) is 29.7 Å². The fourth-order valence-corrected chi connectivity index (χ4v) is 5.76. The first kappa shape index (κ1) is 34.2. The number of rotatable bonds is 19. The number of hydrogen-bond acceptors (Lipinski definition) is 2. The molecule has 0 unspecified atom stereocenters. The van der Waals surface area contributed by atoms with Crippen molar-refractivity contribution in [1.29, 1.82) is 0 Å². The first-order chi connectivity index (χ1) is 20.4. The van der Waals surface area contributed by atoms with Gasteiger partial charge in [-0.1, -0.05) is 124 Å². The second kappa shape index (κ2) is 19.1. The molecule has 2 aromatic carbocycles. The molecule has 3 rings (SSSR count). The summed E-state index contributed by atoms with van der Waals surface area (Å²) in [5.41, 5.74) is 3.50. The topological polar surface area (TPSA) is 46.9 Å². The molecule has 0 saturated heterocycles. The molecule has 1 aromatic heterocycles. The average Bonchev–Trinajstić information content (AvgIpc) is 3.31. The third kappa shape index (κ3) is 11.1. The summed E-state index contributed by atoms with van der Waals surface area (Å²) < 4.78 is 1.72. The fourth-order valence-electron chi connectivity index (χ4n) is 5.14. The summed E-state index contributed by atoms with van der Waals surface area (Å²) in [5.74, 6) is -0.181. The van der Waals surface area contributed by atoms with Crippen molar-refractivity contribution in [3.63, 3.8) is 0 Å². The Balaban J connectivity index is 1.42. The van der Waals surface area contributed by atoms with E-state index in [4.69, 9.17) is 39.9 Å². The van der Waals surface area contributed by atoms with Crippen molar-refractivity contribution in [2.45, 2.75) is 104 Å². The lowest BCUT2D eigenvalue weighted by Crippen LogP contribution is -2.25. The molecule has 0 bridgehead atoms. The van der Waals surface area contributed by atoms with Crippen LogP contribution in [-0.4, -0.2) is 22.2 Å². The lowest BCUT2D eigenvalue weighted by molar-refractivity contribution is 0.0947. The molecule has 0 aliphatic heterocycles. The monoisotopic (exact) mass is 629 g/mol. The maximum absolute atomic E-state index is 13.2. The molecule has 1 N–H and O–H groups in total. The summed E-state index contributed by atoms with van der Waals surface area (Å²) in [5, 5.41) is 9.40. The molecule has 7 heteroatoms. The summed E-state index contributed by atoms with van der Waals surface area (Å²) in [7, 11) is 0. The van der Waals surface area contributed by atoms with Crippen LogP contribution in [0.25, 0.3) is 16.9 Å². The van der Waals surface area contributed by atoms with Crippen molar-refractivity contribution in [3.05, 3.63) is 80.9 Å². The minimum absolute atomic E-state index is 0.181. The smallest absolute Gasteiger partial charge is 0.272 e. The van der Waals surface area contributed by atoms with E-state index in [0.29, 0.717) is 33.0 Å². The molecule has 1 amide bonds. The number of halogens is 3. The molecule has 42 heavy (non-hydrogen) atoms. The van der Waals surface area contributed by atoms with Gasteiger partial charge in [-0.2, -0.15) is 5.10 Å². The summed E-state index contributed by atoms with van der Waals surface area (Å²) in [6.45, 7) is 4.81. The zero-order valence-electron chi connectivity index (χ0n) is 25.2. The van der Waals surface area contributed by atoms with Gasteiger partial charge in [-0.25, -0.2) is 4.68 Å². The van der Waals surface area contributed by atoms with Gasteiger partial charge in [-0.15, -0.1) is 0 Å². The van der Waals surface area contributed by atoms with E-state index in [1.165, 1.54) is 77.0 Å². The Hall–Kier alpha value is -2.27.